The molecule has 3 rings (SSSR count). The molecule has 0 bridgehead atoms. The van der Waals surface area contributed by atoms with E-state index >= 15 is 0 Å². The van der Waals surface area contributed by atoms with Gasteiger partial charge in [-0.2, -0.15) is 0 Å². The Balaban J connectivity index is 0.000001000. The minimum atomic E-state index is 0. The summed E-state index contributed by atoms with van der Waals surface area (Å²) in [6.07, 6.45) is 2.64. The van der Waals surface area contributed by atoms with E-state index in [-0.39, 0.29) is 24.8 Å². The highest BCUT2D eigenvalue weighted by atomic mass is 35.5. The fraction of sp³-hybridized carbons (Fsp3) is 0.571. The lowest BCUT2D eigenvalue weighted by Gasteiger charge is -2.36. The minimum absolute atomic E-state index is 0. The molecule has 6 heteroatoms. The van der Waals surface area contributed by atoms with Gasteiger partial charge in [-0.25, -0.2) is 0 Å². The van der Waals surface area contributed by atoms with Gasteiger partial charge in [0.1, 0.15) is 0 Å². The van der Waals surface area contributed by atoms with Gasteiger partial charge in [0, 0.05) is 42.9 Å². The second kappa shape index (κ2) is 7.71. The van der Waals surface area contributed by atoms with Crippen LogP contribution in [0.25, 0.3) is 0 Å². The molecule has 0 aromatic heterocycles. The van der Waals surface area contributed by atoms with Gasteiger partial charge in [-0.05, 0) is 42.5 Å². The molecule has 0 amide bonds. The maximum atomic E-state index is 6.16. The van der Waals surface area contributed by atoms with E-state index < -0.39 is 0 Å². The highest BCUT2D eigenvalue weighted by Gasteiger charge is 2.37. The zero-order valence-electron chi connectivity index (χ0n) is 11.3. The number of rotatable bonds is 3. The van der Waals surface area contributed by atoms with Crippen LogP contribution in [0, 0.1) is 5.92 Å². The molecule has 1 aliphatic heterocycles. The Kier molecular flexibility index (Phi) is 6.89. The highest BCUT2D eigenvalue weighted by Crippen LogP contribution is 2.46. The number of piperazine rings is 1. The first-order chi connectivity index (χ1) is 8.75. The Morgan fingerprint density at radius 3 is 2.45 bits per heavy atom. The normalized spacial score (nSPS) is 20.6. The lowest BCUT2D eigenvalue weighted by Crippen LogP contribution is -2.45. The molecule has 1 aromatic carbocycles. The number of nitrogens with one attached hydrogen (secondary N) is 1. The molecule has 20 heavy (non-hydrogen) atoms. The van der Waals surface area contributed by atoms with Crippen LogP contribution in [-0.4, -0.2) is 31.1 Å². The van der Waals surface area contributed by atoms with Crippen molar-refractivity contribution in [2.75, 3.05) is 31.9 Å². The van der Waals surface area contributed by atoms with Crippen LogP contribution < -0.4 is 11.1 Å². The molecule has 3 nitrogen and oxygen atoms in total. The van der Waals surface area contributed by atoms with Crippen LogP contribution in [0.2, 0.25) is 5.02 Å². The van der Waals surface area contributed by atoms with E-state index in [9.17, 15) is 0 Å². The average Bonchev–Trinajstić information content (AvgIpc) is 3.20. The van der Waals surface area contributed by atoms with Crippen molar-refractivity contribution in [1.82, 2.24) is 10.2 Å². The van der Waals surface area contributed by atoms with Gasteiger partial charge < -0.3 is 11.1 Å². The van der Waals surface area contributed by atoms with E-state index in [2.05, 4.69) is 16.3 Å². The van der Waals surface area contributed by atoms with Crippen LogP contribution in [0.15, 0.2) is 18.2 Å². The Morgan fingerprint density at radius 1 is 1.20 bits per heavy atom. The Morgan fingerprint density at radius 2 is 1.85 bits per heavy atom. The average molecular weight is 339 g/mol. The van der Waals surface area contributed by atoms with Gasteiger partial charge in [-0.3, -0.25) is 4.90 Å². The molecule has 1 saturated carbocycles. The molecule has 2 aliphatic rings. The first-order valence-corrected chi connectivity index (χ1v) is 7.13. The predicted molar refractivity (Wildman–Crippen MR) is 90.3 cm³/mol. The first-order valence-electron chi connectivity index (χ1n) is 6.75. The summed E-state index contributed by atoms with van der Waals surface area (Å²) < 4.78 is 0. The maximum absolute atomic E-state index is 6.16. The highest BCUT2D eigenvalue weighted by molar-refractivity contribution is 6.30. The number of anilines is 1. The fourth-order valence-electron chi connectivity index (χ4n) is 2.92. The van der Waals surface area contributed by atoms with Crippen LogP contribution in [0.4, 0.5) is 5.69 Å². The van der Waals surface area contributed by atoms with Gasteiger partial charge in [0.05, 0.1) is 0 Å². The number of nitrogens with two attached hydrogens (primary N) is 1. The quantitative estimate of drug-likeness (QED) is 0.832. The number of halogens is 3. The molecule has 1 aliphatic carbocycles. The van der Waals surface area contributed by atoms with Crippen molar-refractivity contribution in [1.29, 1.82) is 0 Å². The largest absolute Gasteiger partial charge is 0.398 e. The topological polar surface area (TPSA) is 41.3 Å². The predicted octanol–water partition coefficient (Wildman–Crippen LogP) is 3.12. The van der Waals surface area contributed by atoms with Crippen LogP contribution in [-0.2, 0) is 0 Å². The lowest BCUT2D eigenvalue weighted by atomic mass is 9.98. The standard InChI is InChI=1S/C14H20ClN3.2ClH/c15-11-3-4-13(16)12(9-11)14(10-1-2-10)18-7-5-17-6-8-18;;/h3-4,9-10,14,17H,1-2,5-8,16H2;2*1H/t14-;;/m0../s1. The number of benzene rings is 1. The van der Waals surface area contributed by atoms with Crippen molar-refractivity contribution in [2.45, 2.75) is 18.9 Å². The summed E-state index contributed by atoms with van der Waals surface area (Å²) in [7, 11) is 0. The zero-order valence-corrected chi connectivity index (χ0v) is 13.7. The van der Waals surface area contributed by atoms with Crippen LogP contribution in [0.3, 0.4) is 0 Å². The van der Waals surface area contributed by atoms with Crippen LogP contribution >= 0.6 is 36.4 Å². The van der Waals surface area contributed by atoms with Crippen molar-refractivity contribution in [3.05, 3.63) is 28.8 Å². The van der Waals surface area contributed by atoms with Gasteiger partial charge in [0.25, 0.3) is 0 Å². The van der Waals surface area contributed by atoms with Crippen molar-refractivity contribution >= 4 is 42.1 Å². The third-order valence-electron chi connectivity index (χ3n) is 3.98. The summed E-state index contributed by atoms with van der Waals surface area (Å²) in [6, 6.07) is 6.34. The van der Waals surface area contributed by atoms with E-state index in [1.165, 1.54) is 18.4 Å². The fourth-order valence-corrected chi connectivity index (χ4v) is 3.10. The number of hydrogen-bond donors (Lipinski definition) is 2. The zero-order chi connectivity index (χ0) is 12.5. The number of hydrogen-bond acceptors (Lipinski definition) is 3. The second-order valence-electron chi connectivity index (χ2n) is 5.34. The third kappa shape index (κ3) is 3.92. The van der Waals surface area contributed by atoms with Gasteiger partial charge in [0.2, 0.25) is 0 Å². The summed E-state index contributed by atoms with van der Waals surface area (Å²) in [5.41, 5.74) is 8.27. The van der Waals surface area contributed by atoms with Crippen molar-refractivity contribution < 1.29 is 0 Å². The summed E-state index contributed by atoms with van der Waals surface area (Å²) >= 11 is 6.14. The van der Waals surface area contributed by atoms with Gasteiger partial charge >= 0.3 is 0 Å². The monoisotopic (exact) mass is 337 g/mol. The molecule has 0 unspecified atom stereocenters. The number of nitrogen functional groups attached to an aromatic ring is 1. The summed E-state index contributed by atoms with van der Waals surface area (Å²) in [6.45, 7) is 4.35. The van der Waals surface area contributed by atoms with Gasteiger partial charge in [0.15, 0.2) is 0 Å². The van der Waals surface area contributed by atoms with Gasteiger partial charge in [-0.15, -0.1) is 24.8 Å². The Labute approximate surface area is 138 Å². The lowest BCUT2D eigenvalue weighted by molar-refractivity contribution is 0.156. The molecule has 0 spiro atoms. The molecule has 2 fully saturated rings. The van der Waals surface area contributed by atoms with E-state index in [0.29, 0.717) is 6.04 Å². The smallest absolute Gasteiger partial charge is 0.0410 e. The van der Waals surface area contributed by atoms with E-state index in [4.69, 9.17) is 17.3 Å². The van der Waals surface area contributed by atoms with Crippen molar-refractivity contribution in [2.24, 2.45) is 5.92 Å². The molecule has 1 aromatic rings. The molecule has 114 valence electrons. The Bertz CT molecular complexity index is 432. The van der Waals surface area contributed by atoms with E-state index in [1.807, 2.05) is 12.1 Å². The summed E-state index contributed by atoms with van der Waals surface area (Å²) in [5, 5.41) is 4.20. The van der Waals surface area contributed by atoms with E-state index in [1.54, 1.807) is 0 Å². The number of nitrogens with zero attached hydrogens (tertiary/aromatic N) is 1. The molecule has 1 saturated heterocycles. The maximum Gasteiger partial charge on any atom is 0.0410 e. The second-order valence-corrected chi connectivity index (χ2v) is 5.78. The van der Waals surface area contributed by atoms with Crippen molar-refractivity contribution in [3.8, 4) is 0 Å². The molecular formula is C14H22Cl3N3. The molecular weight excluding hydrogens is 317 g/mol. The van der Waals surface area contributed by atoms with Crippen LogP contribution in [0.5, 0.6) is 0 Å². The minimum Gasteiger partial charge on any atom is -0.398 e. The SMILES string of the molecule is Cl.Cl.Nc1ccc(Cl)cc1[C@H](C1CC1)N1CCNCC1. The van der Waals surface area contributed by atoms with E-state index in [0.717, 1.165) is 42.8 Å². The molecule has 3 N–H and O–H groups in total. The molecule has 1 atom stereocenters. The molecule has 1 heterocycles. The first kappa shape index (κ1) is 17.9. The summed E-state index contributed by atoms with van der Waals surface area (Å²) in [5.74, 6) is 0.767. The molecule has 0 radical (unpaired) electrons. The third-order valence-corrected chi connectivity index (χ3v) is 4.22. The summed E-state index contributed by atoms with van der Waals surface area (Å²) in [4.78, 5) is 2.57. The van der Waals surface area contributed by atoms with Crippen LogP contribution in [0.1, 0.15) is 24.4 Å². The van der Waals surface area contributed by atoms with Gasteiger partial charge in [-0.1, -0.05) is 11.6 Å². The Hall–Kier alpha value is -0.190. The van der Waals surface area contributed by atoms with Crippen molar-refractivity contribution in [3.63, 3.8) is 0 Å².